The van der Waals surface area contributed by atoms with Gasteiger partial charge in [-0.3, -0.25) is 14.3 Å². The number of hydrogen-bond acceptors (Lipinski definition) is 5. The van der Waals surface area contributed by atoms with Crippen molar-refractivity contribution in [2.24, 2.45) is 5.92 Å². The Kier molecular flexibility index (Phi) is 5.71. The highest BCUT2D eigenvalue weighted by molar-refractivity contribution is 5.95. The molecule has 0 unspecified atom stereocenters. The Labute approximate surface area is 160 Å². The van der Waals surface area contributed by atoms with Gasteiger partial charge in [-0.25, -0.2) is 0 Å². The van der Waals surface area contributed by atoms with Crippen molar-refractivity contribution in [3.05, 3.63) is 11.9 Å². The van der Waals surface area contributed by atoms with E-state index in [1.807, 2.05) is 4.90 Å². The number of hydrogen-bond donors (Lipinski definition) is 1. The summed E-state index contributed by atoms with van der Waals surface area (Å²) in [5.41, 5.74) is 0.345. The molecule has 2 aliphatic heterocycles. The first-order valence-corrected chi connectivity index (χ1v) is 10.4. The van der Waals surface area contributed by atoms with Crippen LogP contribution < -0.4 is 5.32 Å². The summed E-state index contributed by atoms with van der Waals surface area (Å²) in [7, 11) is 0. The third kappa shape index (κ3) is 4.31. The van der Waals surface area contributed by atoms with E-state index in [1.54, 1.807) is 15.8 Å². The van der Waals surface area contributed by atoms with Gasteiger partial charge in [0, 0.05) is 25.7 Å². The van der Waals surface area contributed by atoms with Crippen molar-refractivity contribution in [3.63, 3.8) is 0 Å². The number of nitrogens with one attached hydrogen (secondary N) is 1. The molecule has 2 amide bonds. The van der Waals surface area contributed by atoms with Crippen molar-refractivity contribution in [1.29, 1.82) is 0 Å². The number of carbonyl (C=O) groups is 2. The van der Waals surface area contributed by atoms with E-state index < -0.39 is 0 Å². The van der Waals surface area contributed by atoms with Crippen LogP contribution in [-0.4, -0.2) is 75.4 Å². The third-order valence-electron chi connectivity index (χ3n) is 6.16. The van der Waals surface area contributed by atoms with Crippen molar-refractivity contribution in [2.75, 3.05) is 32.7 Å². The highest BCUT2D eigenvalue weighted by atomic mass is 16.2. The number of carbonyl (C=O) groups excluding carboxylic acids is 2. The van der Waals surface area contributed by atoms with Gasteiger partial charge < -0.3 is 15.1 Å². The van der Waals surface area contributed by atoms with Crippen molar-refractivity contribution in [1.82, 2.24) is 30.1 Å². The van der Waals surface area contributed by atoms with E-state index in [2.05, 4.69) is 15.6 Å². The zero-order chi connectivity index (χ0) is 18.6. The van der Waals surface area contributed by atoms with Crippen molar-refractivity contribution >= 4 is 11.8 Å². The first-order chi connectivity index (χ1) is 13.2. The largest absolute Gasteiger partial charge is 0.336 e. The molecule has 1 N–H and O–H groups in total. The van der Waals surface area contributed by atoms with Gasteiger partial charge in [0.2, 0.25) is 5.91 Å². The van der Waals surface area contributed by atoms with E-state index in [4.69, 9.17) is 0 Å². The SMILES string of the molecule is O=C(c1cn(C[C@H]2CCCNC2)nn1)N1CCN(C2CCCCC2)C(=O)C1. The van der Waals surface area contributed by atoms with Crippen LogP contribution >= 0.6 is 0 Å². The van der Waals surface area contributed by atoms with Crippen LogP contribution in [0.5, 0.6) is 0 Å². The molecule has 8 nitrogen and oxygen atoms in total. The fourth-order valence-corrected chi connectivity index (χ4v) is 4.63. The predicted octanol–water partition coefficient (Wildman–Crippen LogP) is 0.895. The van der Waals surface area contributed by atoms with Crippen LogP contribution in [0.1, 0.15) is 55.4 Å². The quantitative estimate of drug-likeness (QED) is 0.846. The van der Waals surface area contributed by atoms with E-state index in [0.717, 1.165) is 32.5 Å². The Hall–Kier alpha value is -1.96. The first-order valence-electron chi connectivity index (χ1n) is 10.4. The van der Waals surface area contributed by atoms with Crippen LogP contribution in [0.25, 0.3) is 0 Å². The molecule has 27 heavy (non-hydrogen) atoms. The number of piperidine rings is 1. The van der Waals surface area contributed by atoms with Crippen LogP contribution in [0.3, 0.4) is 0 Å². The second-order valence-corrected chi connectivity index (χ2v) is 8.14. The van der Waals surface area contributed by atoms with Gasteiger partial charge in [0.25, 0.3) is 5.91 Å². The molecule has 0 spiro atoms. The molecule has 4 rings (SSSR count). The lowest BCUT2D eigenvalue weighted by molar-refractivity contribution is -0.138. The molecule has 1 aromatic rings. The molecule has 0 radical (unpaired) electrons. The summed E-state index contributed by atoms with van der Waals surface area (Å²) in [6.07, 6.45) is 9.97. The Morgan fingerprint density at radius 2 is 2.00 bits per heavy atom. The van der Waals surface area contributed by atoms with Gasteiger partial charge in [-0.05, 0) is 44.7 Å². The van der Waals surface area contributed by atoms with Gasteiger partial charge in [-0.15, -0.1) is 5.10 Å². The molecule has 148 valence electrons. The fourth-order valence-electron chi connectivity index (χ4n) is 4.63. The lowest BCUT2D eigenvalue weighted by Crippen LogP contribution is -2.55. The highest BCUT2D eigenvalue weighted by Crippen LogP contribution is 2.24. The van der Waals surface area contributed by atoms with Gasteiger partial charge in [0.05, 0.1) is 6.20 Å². The standard InChI is InChI=1S/C19H30N6O2/c26-18-14-23(9-10-25(18)16-6-2-1-3-7-16)19(27)17-13-24(22-21-17)12-15-5-4-8-20-11-15/h13,15-16,20H,1-12,14H2/t15-/m0/s1. The molecule has 3 aliphatic rings. The Balaban J connectivity index is 1.32. The Bertz CT molecular complexity index is 663. The van der Waals surface area contributed by atoms with Gasteiger partial charge in [-0.1, -0.05) is 24.5 Å². The Morgan fingerprint density at radius 1 is 1.15 bits per heavy atom. The van der Waals surface area contributed by atoms with Gasteiger partial charge in [-0.2, -0.15) is 0 Å². The van der Waals surface area contributed by atoms with Crippen molar-refractivity contribution in [2.45, 2.75) is 57.5 Å². The van der Waals surface area contributed by atoms with E-state index in [0.29, 0.717) is 30.7 Å². The zero-order valence-electron chi connectivity index (χ0n) is 16.0. The number of piperazine rings is 1. The predicted molar refractivity (Wildman–Crippen MR) is 100 cm³/mol. The van der Waals surface area contributed by atoms with E-state index in [-0.39, 0.29) is 18.4 Å². The smallest absolute Gasteiger partial charge is 0.276 e. The maximum absolute atomic E-state index is 12.8. The third-order valence-corrected chi connectivity index (χ3v) is 6.16. The maximum Gasteiger partial charge on any atom is 0.276 e. The second kappa shape index (κ2) is 8.37. The fraction of sp³-hybridized carbons (Fsp3) is 0.789. The molecule has 2 saturated heterocycles. The maximum atomic E-state index is 12.8. The summed E-state index contributed by atoms with van der Waals surface area (Å²) in [4.78, 5) is 29.0. The van der Waals surface area contributed by atoms with E-state index in [1.165, 1.54) is 32.1 Å². The minimum atomic E-state index is -0.181. The van der Waals surface area contributed by atoms with Crippen LogP contribution in [-0.2, 0) is 11.3 Å². The summed E-state index contributed by atoms with van der Waals surface area (Å²) in [5.74, 6) is 0.422. The van der Waals surface area contributed by atoms with Crippen LogP contribution in [0.4, 0.5) is 0 Å². The van der Waals surface area contributed by atoms with Crippen LogP contribution in [0.2, 0.25) is 0 Å². The highest BCUT2D eigenvalue weighted by Gasteiger charge is 2.33. The normalized spacial score (nSPS) is 25.0. The average molecular weight is 374 g/mol. The lowest BCUT2D eigenvalue weighted by Gasteiger charge is -2.40. The number of nitrogens with zero attached hydrogens (tertiary/aromatic N) is 5. The molecular formula is C19H30N6O2. The Morgan fingerprint density at radius 3 is 2.74 bits per heavy atom. The van der Waals surface area contributed by atoms with Gasteiger partial charge >= 0.3 is 0 Å². The van der Waals surface area contributed by atoms with Gasteiger partial charge in [0.15, 0.2) is 5.69 Å². The first kappa shape index (κ1) is 18.4. The molecule has 3 fully saturated rings. The summed E-state index contributed by atoms with van der Waals surface area (Å²) in [6, 6.07) is 0.369. The minimum Gasteiger partial charge on any atom is -0.336 e. The zero-order valence-corrected chi connectivity index (χ0v) is 16.0. The number of amides is 2. The monoisotopic (exact) mass is 374 g/mol. The molecule has 1 saturated carbocycles. The second-order valence-electron chi connectivity index (χ2n) is 8.14. The van der Waals surface area contributed by atoms with Crippen molar-refractivity contribution in [3.8, 4) is 0 Å². The molecule has 1 aliphatic carbocycles. The molecule has 1 aromatic heterocycles. The van der Waals surface area contributed by atoms with Crippen molar-refractivity contribution < 1.29 is 9.59 Å². The van der Waals surface area contributed by atoms with E-state index in [9.17, 15) is 9.59 Å². The molecule has 3 heterocycles. The topological polar surface area (TPSA) is 83.4 Å². The molecule has 0 aromatic carbocycles. The molecular weight excluding hydrogens is 344 g/mol. The molecule has 0 bridgehead atoms. The van der Waals surface area contributed by atoms with Crippen LogP contribution in [0, 0.1) is 5.92 Å². The average Bonchev–Trinajstić information content (AvgIpc) is 3.17. The molecule has 1 atom stereocenters. The summed E-state index contributed by atoms with van der Waals surface area (Å²) in [5, 5.41) is 11.6. The van der Waals surface area contributed by atoms with E-state index >= 15 is 0 Å². The summed E-state index contributed by atoms with van der Waals surface area (Å²) < 4.78 is 1.77. The van der Waals surface area contributed by atoms with Gasteiger partial charge in [0.1, 0.15) is 6.54 Å². The summed E-state index contributed by atoms with van der Waals surface area (Å²) >= 11 is 0. The number of rotatable bonds is 4. The lowest BCUT2D eigenvalue weighted by atomic mass is 9.93. The van der Waals surface area contributed by atoms with Crippen LogP contribution in [0.15, 0.2) is 6.20 Å². The minimum absolute atomic E-state index is 0.0715. The number of aromatic nitrogens is 3. The summed E-state index contributed by atoms with van der Waals surface area (Å²) in [6.45, 7) is 4.23. The molecule has 8 heteroatoms.